The maximum absolute atomic E-state index is 6.19. The van der Waals surface area contributed by atoms with Gasteiger partial charge < -0.3 is 4.98 Å². The van der Waals surface area contributed by atoms with Gasteiger partial charge in [0, 0.05) is 30.1 Å². The third-order valence-electron chi connectivity index (χ3n) is 3.68. The van der Waals surface area contributed by atoms with Crippen molar-refractivity contribution in [2.45, 2.75) is 25.8 Å². The number of H-pyrrole nitrogens is 1. The highest BCUT2D eigenvalue weighted by molar-refractivity contribution is 6.36. The SMILES string of the molecule is [CH]c1[nH]c2ccc(CN3CCCCC3)cc2c1Cl. The smallest absolute Gasteiger partial charge is 0.0695 e. The number of nitrogens with zero attached hydrogens (tertiary/aromatic N) is 1. The van der Waals surface area contributed by atoms with Crippen LogP contribution in [0.25, 0.3) is 10.9 Å². The summed E-state index contributed by atoms with van der Waals surface area (Å²) >= 11 is 6.19. The van der Waals surface area contributed by atoms with Crippen molar-refractivity contribution in [2.24, 2.45) is 0 Å². The van der Waals surface area contributed by atoms with Gasteiger partial charge in [-0.15, -0.1) is 0 Å². The summed E-state index contributed by atoms with van der Waals surface area (Å²) in [4.78, 5) is 5.60. The number of hydrogen-bond donors (Lipinski definition) is 1. The number of piperidine rings is 1. The lowest BCUT2D eigenvalue weighted by Gasteiger charge is -2.26. The second kappa shape index (κ2) is 4.94. The van der Waals surface area contributed by atoms with Gasteiger partial charge in [0.05, 0.1) is 5.02 Å². The summed E-state index contributed by atoms with van der Waals surface area (Å²) in [6, 6.07) is 6.37. The van der Waals surface area contributed by atoms with Crippen LogP contribution in [-0.4, -0.2) is 23.0 Å². The van der Waals surface area contributed by atoms with Gasteiger partial charge in [-0.25, -0.2) is 0 Å². The van der Waals surface area contributed by atoms with E-state index >= 15 is 0 Å². The van der Waals surface area contributed by atoms with E-state index in [9.17, 15) is 0 Å². The van der Waals surface area contributed by atoms with E-state index in [1.165, 1.54) is 37.9 Å². The van der Waals surface area contributed by atoms with Crippen LogP contribution in [0.3, 0.4) is 0 Å². The highest BCUT2D eigenvalue weighted by Crippen LogP contribution is 2.28. The Morgan fingerprint density at radius 2 is 2.00 bits per heavy atom. The van der Waals surface area contributed by atoms with Crippen LogP contribution in [0.1, 0.15) is 30.5 Å². The lowest BCUT2D eigenvalue weighted by Crippen LogP contribution is -2.29. The Balaban J connectivity index is 1.85. The van der Waals surface area contributed by atoms with E-state index in [-0.39, 0.29) is 0 Å². The fraction of sp³-hybridized carbons (Fsp3) is 0.400. The molecule has 94 valence electrons. The zero-order valence-electron chi connectivity index (χ0n) is 10.4. The number of nitrogens with one attached hydrogen (secondary N) is 1. The number of aromatic nitrogens is 1. The second-order valence-corrected chi connectivity index (χ2v) is 5.45. The lowest BCUT2D eigenvalue weighted by atomic mass is 10.1. The normalized spacial score (nSPS) is 17.4. The first kappa shape index (κ1) is 12.1. The molecule has 0 amide bonds. The molecule has 2 radical (unpaired) electrons. The first-order chi connectivity index (χ1) is 8.74. The Bertz CT molecular complexity index is 553. The van der Waals surface area contributed by atoms with Crippen LogP contribution in [0.5, 0.6) is 0 Å². The number of hydrogen-bond acceptors (Lipinski definition) is 1. The molecule has 0 unspecified atom stereocenters. The van der Waals surface area contributed by atoms with Crippen LogP contribution >= 0.6 is 11.6 Å². The Morgan fingerprint density at radius 1 is 1.22 bits per heavy atom. The van der Waals surface area contributed by atoms with Crippen molar-refractivity contribution in [1.82, 2.24) is 9.88 Å². The largest absolute Gasteiger partial charge is 0.357 e. The molecule has 1 aromatic carbocycles. The maximum Gasteiger partial charge on any atom is 0.0695 e. The summed E-state index contributed by atoms with van der Waals surface area (Å²) in [5.41, 5.74) is 2.88. The summed E-state index contributed by atoms with van der Waals surface area (Å²) < 4.78 is 0. The third-order valence-corrected chi connectivity index (χ3v) is 4.09. The van der Waals surface area contributed by atoms with Crippen molar-refractivity contribution in [3.8, 4) is 0 Å². The van der Waals surface area contributed by atoms with Crippen molar-refractivity contribution in [2.75, 3.05) is 13.1 Å². The minimum absolute atomic E-state index is 0.557. The molecule has 1 aliphatic rings. The first-order valence-corrected chi connectivity index (χ1v) is 6.90. The van der Waals surface area contributed by atoms with Gasteiger partial charge in [-0.05, 0) is 43.6 Å². The average Bonchev–Trinajstić information content (AvgIpc) is 2.67. The van der Waals surface area contributed by atoms with Gasteiger partial charge in [-0.2, -0.15) is 0 Å². The Labute approximate surface area is 113 Å². The summed E-state index contributed by atoms with van der Waals surface area (Å²) in [6.07, 6.45) is 4.01. The van der Waals surface area contributed by atoms with Crippen LogP contribution in [0.2, 0.25) is 5.02 Å². The Kier molecular flexibility index (Phi) is 3.31. The molecule has 0 saturated carbocycles. The van der Waals surface area contributed by atoms with Crippen molar-refractivity contribution >= 4 is 22.5 Å². The van der Waals surface area contributed by atoms with Gasteiger partial charge >= 0.3 is 0 Å². The quantitative estimate of drug-likeness (QED) is 0.869. The molecular formula is C15H17ClN2. The lowest BCUT2D eigenvalue weighted by molar-refractivity contribution is 0.221. The van der Waals surface area contributed by atoms with E-state index < -0.39 is 0 Å². The molecule has 0 aliphatic carbocycles. The van der Waals surface area contributed by atoms with Crippen LogP contribution in [0.4, 0.5) is 0 Å². The van der Waals surface area contributed by atoms with Gasteiger partial charge in [0.1, 0.15) is 0 Å². The maximum atomic E-state index is 6.19. The molecule has 2 nitrogen and oxygen atoms in total. The highest BCUT2D eigenvalue weighted by Gasteiger charge is 2.12. The molecule has 18 heavy (non-hydrogen) atoms. The number of benzene rings is 1. The van der Waals surface area contributed by atoms with Crippen molar-refractivity contribution < 1.29 is 0 Å². The first-order valence-electron chi connectivity index (χ1n) is 6.52. The molecule has 2 aromatic rings. The van der Waals surface area contributed by atoms with E-state index in [1.54, 1.807) is 0 Å². The minimum atomic E-state index is 0.557. The van der Waals surface area contributed by atoms with Gasteiger partial charge in [-0.3, -0.25) is 4.90 Å². The monoisotopic (exact) mass is 260 g/mol. The zero-order valence-corrected chi connectivity index (χ0v) is 11.1. The van der Waals surface area contributed by atoms with Crippen LogP contribution in [0.15, 0.2) is 18.2 Å². The van der Waals surface area contributed by atoms with E-state index in [1.807, 2.05) is 0 Å². The summed E-state index contributed by atoms with van der Waals surface area (Å²) in [5, 5.41) is 1.68. The van der Waals surface area contributed by atoms with Crippen molar-refractivity contribution in [3.05, 3.63) is 41.4 Å². The molecule has 3 heteroatoms. The molecule has 3 rings (SSSR count). The number of rotatable bonds is 2. The van der Waals surface area contributed by atoms with Crippen molar-refractivity contribution in [1.29, 1.82) is 0 Å². The molecule has 1 aliphatic heterocycles. The molecule has 0 bridgehead atoms. The van der Waals surface area contributed by atoms with Crippen LogP contribution in [-0.2, 0) is 6.54 Å². The fourth-order valence-electron chi connectivity index (χ4n) is 2.70. The predicted molar refractivity (Wildman–Crippen MR) is 75.8 cm³/mol. The molecule has 1 aromatic heterocycles. The number of fused-ring (bicyclic) bond motifs is 1. The van der Waals surface area contributed by atoms with Gasteiger partial charge in [0.2, 0.25) is 0 Å². The Morgan fingerprint density at radius 3 is 2.78 bits per heavy atom. The molecule has 1 N–H and O–H groups in total. The molecular weight excluding hydrogens is 244 g/mol. The molecule has 0 atom stereocenters. The van der Waals surface area contributed by atoms with Gasteiger partial charge in [0.25, 0.3) is 0 Å². The summed E-state index contributed by atoms with van der Waals surface area (Å²) in [7, 11) is 0. The number of halogens is 1. The van der Waals surface area contributed by atoms with Gasteiger partial charge in [-0.1, -0.05) is 24.1 Å². The molecule has 1 fully saturated rings. The molecule has 0 spiro atoms. The predicted octanol–water partition coefficient (Wildman–Crippen LogP) is 3.87. The molecule has 1 saturated heterocycles. The van der Waals surface area contributed by atoms with E-state index in [0.29, 0.717) is 10.7 Å². The fourth-order valence-corrected chi connectivity index (χ4v) is 2.90. The number of likely N-dealkylation sites (tertiary alicyclic amines) is 1. The third kappa shape index (κ3) is 2.27. The highest BCUT2D eigenvalue weighted by atomic mass is 35.5. The van der Waals surface area contributed by atoms with Gasteiger partial charge in [0.15, 0.2) is 0 Å². The second-order valence-electron chi connectivity index (χ2n) is 5.07. The average molecular weight is 261 g/mol. The van der Waals surface area contributed by atoms with E-state index in [0.717, 1.165) is 17.4 Å². The van der Waals surface area contributed by atoms with Crippen molar-refractivity contribution in [3.63, 3.8) is 0 Å². The Hall–Kier alpha value is -0.990. The van der Waals surface area contributed by atoms with E-state index in [4.69, 9.17) is 18.5 Å². The van der Waals surface area contributed by atoms with E-state index in [2.05, 4.69) is 28.1 Å². The van der Waals surface area contributed by atoms with Crippen LogP contribution < -0.4 is 0 Å². The molecule has 2 heterocycles. The number of aromatic amines is 1. The zero-order chi connectivity index (χ0) is 12.5. The topological polar surface area (TPSA) is 19.0 Å². The minimum Gasteiger partial charge on any atom is -0.357 e. The summed E-state index contributed by atoms with van der Waals surface area (Å²) in [6.45, 7) is 9.22. The van der Waals surface area contributed by atoms with Crippen LogP contribution in [0, 0.1) is 6.92 Å². The summed E-state index contributed by atoms with van der Waals surface area (Å²) in [5.74, 6) is 0. The standard InChI is InChI=1S/C15H17ClN2/c1-11-15(16)13-9-12(5-6-14(13)17-11)10-18-7-3-2-4-8-18/h1,5-6,9,17H,2-4,7-8,10H2.